The van der Waals surface area contributed by atoms with Crippen molar-refractivity contribution >= 4 is 51.8 Å². The minimum absolute atomic E-state index is 0.171. The minimum Gasteiger partial charge on any atom is -0.465 e. The summed E-state index contributed by atoms with van der Waals surface area (Å²) in [6.45, 7) is 3.63. The molecule has 1 atom stereocenters. The molecule has 1 unspecified atom stereocenters. The number of aromatic nitrogens is 3. The minimum atomic E-state index is -1.12. The van der Waals surface area contributed by atoms with Crippen molar-refractivity contribution < 1.29 is 19.4 Å². The van der Waals surface area contributed by atoms with Crippen molar-refractivity contribution in [2.75, 3.05) is 31.6 Å². The Kier molecular flexibility index (Phi) is 5.95. The Balaban J connectivity index is 1.83. The zero-order valence-electron chi connectivity index (χ0n) is 18.9. The van der Waals surface area contributed by atoms with Crippen LogP contribution in [0.2, 0.25) is 10.0 Å². The van der Waals surface area contributed by atoms with Crippen LogP contribution in [0.25, 0.3) is 22.0 Å². The van der Waals surface area contributed by atoms with Gasteiger partial charge in [0.05, 0.1) is 27.4 Å². The fourth-order valence-corrected chi connectivity index (χ4v) is 5.35. The fraction of sp³-hybridized carbons (Fsp3) is 0.435. The summed E-state index contributed by atoms with van der Waals surface area (Å²) in [5, 5.41) is 15.5. The number of nitrogens with zero attached hydrogens (tertiary/aromatic N) is 5. The number of hydrogen-bond acceptors (Lipinski definition) is 4. The number of anilines is 1. The zero-order valence-corrected chi connectivity index (χ0v) is 20.4. The topological polar surface area (TPSA) is 92.8 Å². The second-order valence-electron chi connectivity index (χ2n) is 8.57. The predicted molar refractivity (Wildman–Crippen MR) is 130 cm³/mol. The van der Waals surface area contributed by atoms with E-state index in [1.165, 1.54) is 4.90 Å². The molecule has 0 spiro atoms. The van der Waals surface area contributed by atoms with E-state index in [2.05, 4.69) is 5.10 Å². The van der Waals surface area contributed by atoms with Gasteiger partial charge >= 0.3 is 6.09 Å². The van der Waals surface area contributed by atoms with Gasteiger partial charge in [-0.2, -0.15) is 5.10 Å². The van der Waals surface area contributed by atoms with E-state index in [0.717, 1.165) is 19.3 Å². The number of carbonyl (C=O) groups excluding carboxylic acids is 1. The molecule has 2 aromatic heterocycles. The summed E-state index contributed by atoms with van der Waals surface area (Å²) in [5.41, 5.74) is 2.67. The van der Waals surface area contributed by atoms with Gasteiger partial charge in [-0.15, -0.1) is 0 Å². The lowest BCUT2D eigenvalue weighted by Crippen LogP contribution is -2.37. The van der Waals surface area contributed by atoms with E-state index in [-0.39, 0.29) is 28.7 Å². The van der Waals surface area contributed by atoms with Crippen LogP contribution in [0.4, 0.5) is 10.5 Å². The average molecular weight is 506 g/mol. The average Bonchev–Trinajstić information content (AvgIpc) is 3.44. The number of likely N-dealkylation sites (N-methyl/N-ethyl adjacent to an activating group) is 1. The number of rotatable bonds is 4. The number of carboxylic acid groups (broad SMARTS) is 1. The standard InChI is InChI=1S/C23H25Cl2N5O4/c1-3-28(23(32)33)15-10-14(24)19(25)20-18(15)17(21-22(31)27(2)7-8-29(20)21)13-11-26-30(12-13)16-6-4-5-9-34-16/h10-12,16H,3-9H2,1-2H3,(H,32,33). The molecular formula is C23H25Cl2N5O4. The monoisotopic (exact) mass is 505 g/mol. The van der Waals surface area contributed by atoms with Gasteiger partial charge in [0.25, 0.3) is 5.91 Å². The van der Waals surface area contributed by atoms with Crippen molar-refractivity contribution in [2.45, 2.75) is 39.0 Å². The molecule has 180 valence electrons. The van der Waals surface area contributed by atoms with Crippen LogP contribution in [0.3, 0.4) is 0 Å². The number of amides is 2. The summed E-state index contributed by atoms with van der Waals surface area (Å²) in [6.07, 6.45) is 5.19. The Bertz CT molecular complexity index is 1290. The first-order chi connectivity index (χ1) is 16.3. The summed E-state index contributed by atoms with van der Waals surface area (Å²) < 4.78 is 9.50. The molecule has 1 fully saturated rings. The smallest absolute Gasteiger partial charge is 0.411 e. The maximum atomic E-state index is 13.4. The van der Waals surface area contributed by atoms with E-state index < -0.39 is 6.09 Å². The quantitative estimate of drug-likeness (QED) is 0.532. The maximum absolute atomic E-state index is 13.4. The lowest BCUT2D eigenvalue weighted by atomic mass is 10.0. The molecule has 0 bridgehead atoms. The Hall–Kier alpha value is -2.75. The van der Waals surface area contributed by atoms with E-state index >= 15 is 0 Å². The molecule has 1 saturated heterocycles. The highest BCUT2D eigenvalue weighted by Crippen LogP contribution is 2.47. The number of halogens is 2. The van der Waals surface area contributed by atoms with Gasteiger partial charge in [-0.3, -0.25) is 9.69 Å². The van der Waals surface area contributed by atoms with E-state index in [1.807, 2.05) is 10.8 Å². The molecule has 9 nitrogen and oxygen atoms in total. The first-order valence-corrected chi connectivity index (χ1v) is 12.0. The van der Waals surface area contributed by atoms with Gasteiger partial charge in [-0.05, 0) is 32.3 Å². The van der Waals surface area contributed by atoms with Crippen molar-refractivity contribution in [3.8, 4) is 11.1 Å². The van der Waals surface area contributed by atoms with Gasteiger partial charge in [0, 0.05) is 56.0 Å². The molecule has 1 N–H and O–H groups in total. The largest absolute Gasteiger partial charge is 0.465 e. The number of ether oxygens (including phenoxy) is 1. The molecular weight excluding hydrogens is 481 g/mol. The summed E-state index contributed by atoms with van der Waals surface area (Å²) in [7, 11) is 1.75. The van der Waals surface area contributed by atoms with E-state index in [0.29, 0.717) is 53.1 Å². The summed E-state index contributed by atoms with van der Waals surface area (Å²) in [5.74, 6) is -0.171. The zero-order chi connectivity index (χ0) is 24.1. The van der Waals surface area contributed by atoms with Crippen molar-refractivity contribution in [1.82, 2.24) is 19.2 Å². The molecule has 34 heavy (non-hydrogen) atoms. The third-order valence-electron chi connectivity index (χ3n) is 6.59. The van der Waals surface area contributed by atoms with Crippen molar-refractivity contribution in [3.63, 3.8) is 0 Å². The van der Waals surface area contributed by atoms with Crippen molar-refractivity contribution in [1.29, 1.82) is 0 Å². The lowest BCUT2D eigenvalue weighted by molar-refractivity contribution is -0.0394. The highest BCUT2D eigenvalue weighted by Gasteiger charge is 2.34. The second-order valence-corrected chi connectivity index (χ2v) is 9.36. The number of fused-ring (bicyclic) bond motifs is 3. The van der Waals surface area contributed by atoms with Crippen LogP contribution in [-0.4, -0.2) is 63.1 Å². The molecule has 2 aliphatic rings. The van der Waals surface area contributed by atoms with E-state index in [9.17, 15) is 14.7 Å². The highest BCUT2D eigenvalue weighted by atomic mass is 35.5. The van der Waals surface area contributed by atoms with Crippen LogP contribution in [0, 0.1) is 0 Å². The van der Waals surface area contributed by atoms with Crippen LogP contribution in [0.1, 0.15) is 42.9 Å². The molecule has 0 aliphatic carbocycles. The third kappa shape index (κ3) is 3.54. The molecule has 3 aromatic rings. The normalized spacial score (nSPS) is 18.4. The Morgan fingerprint density at radius 3 is 2.79 bits per heavy atom. The van der Waals surface area contributed by atoms with Gasteiger partial charge in [-0.25, -0.2) is 9.48 Å². The van der Waals surface area contributed by atoms with Crippen LogP contribution < -0.4 is 4.90 Å². The molecule has 1 aromatic carbocycles. The summed E-state index contributed by atoms with van der Waals surface area (Å²) in [4.78, 5) is 28.4. The Labute approximate surface area is 206 Å². The van der Waals surface area contributed by atoms with Gasteiger partial charge in [-0.1, -0.05) is 23.2 Å². The van der Waals surface area contributed by atoms with Gasteiger partial charge in [0.1, 0.15) is 11.9 Å². The number of carbonyl (C=O) groups is 2. The maximum Gasteiger partial charge on any atom is 0.411 e. The van der Waals surface area contributed by atoms with Gasteiger partial charge in [0.2, 0.25) is 0 Å². The Morgan fingerprint density at radius 2 is 2.12 bits per heavy atom. The van der Waals surface area contributed by atoms with Crippen LogP contribution in [-0.2, 0) is 11.3 Å². The molecule has 0 saturated carbocycles. The highest BCUT2D eigenvalue weighted by molar-refractivity contribution is 6.46. The number of hydrogen-bond donors (Lipinski definition) is 1. The fourth-order valence-electron chi connectivity index (χ4n) is 4.90. The van der Waals surface area contributed by atoms with Gasteiger partial charge < -0.3 is 19.3 Å². The van der Waals surface area contributed by atoms with Crippen LogP contribution >= 0.6 is 23.2 Å². The SMILES string of the molecule is CCN(C(=O)O)c1cc(Cl)c(Cl)c2c1c(-c1cnn(C3CCCCO3)c1)c1n2CCN(C)C1=O. The van der Waals surface area contributed by atoms with Crippen LogP contribution in [0.15, 0.2) is 18.5 Å². The first-order valence-electron chi connectivity index (χ1n) is 11.3. The first kappa shape index (κ1) is 23.0. The molecule has 5 rings (SSSR count). The van der Waals surface area contributed by atoms with Crippen molar-refractivity contribution in [3.05, 3.63) is 34.2 Å². The van der Waals surface area contributed by atoms with Gasteiger partial charge in [0.15, 0.2) is 0 Å². The second kappa shape index (κ2) is 8.79. The molecule has 0 radical (unpaired) electrons. The van der Waals surface area contributed by atoms with Crippen molar-refractivity contribution in [2.24, 2.45) is 0 Å². The van der Waals surface area contributed by atoms with E-state index in [4.69, 9.17) is 27.9 Å². The third-order valence-corrected chi connectivity index (χ3v) is 7.37. The summed E-state index contributed by atoms with van der Waals surface area (Å²) in [6, 6.07) is 1.56. The Morgan fingerprint density at radius 1 is 1.32 bits per heavy atom. The predicted octanol–water partition coefficient (Wildman–Crippen LogP) is 5.10. The van der Waals surface area contributed by atoms with E-state index in [1.54, 1.807) is 35.8 Å². The molecule has 11 heteroatoms. The number of benzene rings is 1. The lowest BCUT2D eigenvalue weighted by Gasteiger charge is -2.26. The molecule has 4 heterocycles. The summed E-state index contributed by atoms with van der Waals surface area (Å²) >= 11 is 13.2. The molecule has 2 amide bonds. The van der Waals surface area contributed by atoms with Crippen LogP contribution in [0.5, 0.6) is 0 Å². The molecule has 2 aliphatic heterocycles.